The van der Waals surface area contributed by atoms with E-state index < -0.39 is 11.7 Å². The first-order valence-electron chi connectivity index (χ1n) is 8.08. The second-order valence-electron chi connectivity index (χ2n) is 5.91. The molecule has 1 amide bonds. The van der Waals surface area contributed by atoms with Crippen LogP contribution in [0.15, 0.2) is 42.8 Å². The maximum absolute atomic E-state index is 13.8. The third kappa shape index (κ3) is 3.58. The Hall–Kier alpha value is -2.71. The summed E-state index contributed by atoms with van der Waals surface area (Å²) < 4.78 is 21.1. The molecule has 1 unspecified atom stereocenters. The highest BCUT2D eigenvalue weighted by atomic mass is 35.5. The number of halogens is 2. The van der Waals surface area contributed by atoms with Gasteiger partial charge in [-0.25, -0.2) is 9.37 Å². The van der Waals surface area contributed by atoms with Gasteiger partial charge < -0.3 is 10.1 Å². The molecule has 1 aliphatic heterocycles. The summed E-state index contributed by atoms with van der Waals surface area (Å²) in [5, 5.41) is 7.12. The van der Waals surface area contributed by atoms with Gasteiger partial charge in [0.25, 0.3) is 5.91 Å². The van der Waals surface area contributed by atoms with E-state index >= 15 is 0 Å². The van der Waals surface area contributed by atoms with Crippen molar-refractivity contribution in [3.05, 3.63) is 64.2 Å². The number of pyridine rings is 1. The molecule has 1 N–H and O–H groups in total. The SMILES string of the molecule is Cn1nc(C2CC=CO2)cc1-c1ccc(C(=O)Nc2ncc(Cl)cc2F)s1. The number of carbonyl (C=O) groups excluding carboxylic acids is 1. The molecule has 0 radical (unpaired) electrons. The zero-order chi connectivity index (χ0) is 19.0. The molecule has 0 saturated heterocycles. The van der Waals surface area contributed by atoms with E-state index in [-0.39, 0.29) is 16.9 Å². The molecule has 3 aromatic rings. The maximum atomic E-state index is 13.8. The largest absolute Gasteiger partial charge is 0.492 e. The van der Waals surface area contributed by atoms with Crippen molar-refractivity contribution in [1.29, 1.82) is 0 Å². The lowest BCUT2D eigenvalue weighted by atomic mass is 10.2. The van der Waals surface area contributed by atoms with Crippen molar-refractivity contribution in [3.63, 3.8) is 0 Å². The fourth-order valence-electron chi connectivity index (χ4n) is 2.73. The van der Waals surface area contributed by atoms with E-state index in [1.807, 2.05) is 25.3 Å². The van der Waals surface area contributed by atoms with Crippen molar-refractivity contribution in [2.75, 3.05) is 5.32 Å². The molecule has 0 spiro atoms. The number of hydrogen-bond acceptors (Lipinski definition) is 5. The van der Waals surface area contributed by atoms with Gasteiger partial charge in [0.15, 0.2) is 11.6 Å². The van der Waals surface area contributed by atoms with Crippen molar-refractivity contribution < 1.29 is 13.9 Å². The summed E-state index contributed by atoms with van der Waals surface area (Å²) >= 11 is 6.96. The minimum atomic E-state index is -0.686. The zero-order valence-corrected chi connectivity index (χ0v) is 15.7. The van der Waals surface area contributed by atoms with Gasteiger partial charge in [0.1, 0.15) is 11.8 Å². The fourth-order valence-corrected chi connectivity index (χ4v) is 3.82. The van der Waals surface area contributed by atoms with Crippen LogP contribution in [0, 0.1) is 5.82 Å². The molecule has 27 heavy (non-hydrogen) atoms. The second kappa shape index (κ2) is 7.13. The Labute approximate surface area is 163 Å². The topological polar surface area (TPSA) is 69.0 Å². The standard InChI is InChI=1S/C18H14ClFN4O2S/c1-24-13(8-12(23-24)14-3-2-6-26-14)15-4-5-16(27-15)18(25)22-17-11(20)7-10(19)9-21-17/h2,4-9,14H,3H2,1H3,(H,21,22,25). The Morgan fingerprint density at radius 3 is 3.04 bits per heavy atom. The van der Waals surface area contributed by atoms with Crippen LogP contribution in [0.25, 0.3) is 10.6 Å². The average Bonchev–Trinajstić information content (AvgIpc) is 3.36. The van der Waals surface area contributed by atoms with E-state index in [0.29, 0.717) is 4.88 Å². The lowest BCUT2D eigenvalue weighted by Gasteiger charge is -2.04. The van der Waals surface area contributed by atoms with E-state index in [0.717, 1.165) is 28.8 Å². The molecule has 0 saturated carbocycles. The third-order valence-corrected chi connectivity index (χ3v) is 5.35. The number of aromatic nitrogens is 3. The summed E-state index contributed by atoms with van der Waals surface area (Å²) in [6.07, 6.45) is 5.62. The Balaban J connectivity index is 1.54. The van der Waals surface area contributed by atoms with Crippen LogP contribution in [0.2, 0.25) is 5.02 Å². The molecule has 0 bridgehead atoms. The molecule has 4 heterocycles. The Morgan fingerprint density at radius 2 is 2.30 bits per heavy atom. The van der Waals surface area contributed by atoms with Crippen LogP contribution in [0.3, 0.4) is 0 Å². The van der Waals surface area contributed by atoms with Crippen molar-refractivity contribution in [2.45, 2.75) is 12.5 Å². The average molecular weight is 405 g/mol. The number of rotatable bonds is 4. The third-order valence-electron chi connectivity index (χ3n) is 4.04. The van der Waals surface area contributed by atoms with Gasteiger partial charge >= 0.3 is 0 Å². The van der Waals surface area contributed by atoms with Crippen LogP contribution in [0.4, 0.5) is 10.2 Å². The number of carbonyl (C=O) groups is 1. The maximum Gasteiger partial charge on any atom is 0.266 e. The molecule has 0 aliphatic carbocycles. The van der Waals surface area contributed by atoms with Crippen molar-refractivity contribution in [2.24, 2.45) is 7.05 Å². The van der Waals surface area contributed by atoms with Gasteiger partial charge in [-0.05, 0) is 30.3 Å². The Bertz CT molecular complexity index is 1040. The summed E-state index contributed by atoms with van der Waals surface area (Å²) in [7, 11) is 1.84. The van der Waals surface area contributed by atoms with Gasteiger partial charge in [-0.1, -0.05) is 11.6 Å². The van der Waals surface area contributed by atoms with Gasteiger partial charge in [0, 0.05) is 19.7 Å². The van der Waals surface area contributed by atoms with E-state index in [4.69, 9.17) is 16.3 Å². The molecule has 0 fully saturated rings. The molecule has 138 valence electrons. The number of anilines is 1. The smallest absolute Gasteiger partial charge is 0.266 e. The normalized spacial score (nSPS) is 15.7. The summed E-state index contributed by atoms with van der Waals surface area (Å²) in [6.45, 7) is 0. The predicted molar refractivity (Wildman–Crippen MR) is 101 cm³/mol. The van der Waals surface area contributed by atoms with Crippen LogP contribution in [-0.4, -0.2) is 20.7 Å². The number of amides is 1. The van der Waals surface area contributed by atoms with Gasteiger partial charge in [0.05, 0.1) is 26.7 Å². The zero-order valence-electron chi connectivity index (χ0n) is 14.1. The van der Waals surface area contributed by atoms with Gasteiger partial charge in [-0.3, -0.25) is 9.48 Å². The second-order valence-corrected chi connectivity index (χ2v) is 7.43. The molecule has 9 heteroatoms. The Morgan fingerprint density at radius 1 is 1.44 bits per heavy atom. The number of nitrogens with one attached hydrogen (secondary N) is 1. The van der Waals surface area contributed by atoms with Crippen molar-refractivity contribution in [3.8, 4) is 10.6 Å². The highest BCUT2D eigenvalue weighted by Crippen LogP contribution is 2.33. The first-order valence-corrected chi connectivity index (χ1v) is 9.27. The number of thiophene rings is 1. The van der Waals surface area contributed by atoms with Gasteiger partial charge in [-0.15, -0.1) is 11.3 Å². The molecule has 3 aromatic heterocycles. The van der Waals surface area contributed by atoms with E-state index in [2.05, 4.69) is 15.4 Å². The molecule has 1 atom stereocenters. The molecular formula is C18H14ClFN4O2S. The van der Waals surface area contributed by atoms with Crippen LogP contribution in [-0.2, 0) is 11.8 Å². The lowest BCUT2D eigenvalue weighted by molar-refractivity contribution is 0.102. The summed E-state index contributed by atoms with van der Waals surface area (Å²) in [4.78, 5) is 17.5. The van der Waals surface area contributed by atoms with Crippen LogP contribution >= 0.6 is 22.9 Å². The van der Waals surface area contributed by atoms with E-state index in [1.54, 1.807) is 17.0 Å². The lowest BCUT2D eigenvalue weighted by Crippen LogP contribution is -2.12. The van der Waals surface area contributed by atoms with Crippen LogP contribution in [0.1, 0.15) is 27.9 Å². The van der Waals surface area contributed by atoms with Gasteiger partial charge in [0.2, 0.25) is 0 Å². The minimum absolute atomic E-state index is 0.0772. The summed E-state index contributed by atoms with van der Waals surface area (Å²) in [6, 6.07) is 6.57. The number of hydrogen-bond donors (Lipinski definition) is 1. The highest BCUT2D eigenvalue weighted by molar-refractivity contribution is 7.17. The number of aryl methyl sites for hydroxylation is 1. The van der Waals surface area contributed by atoms with Crippen molar-refractivity contribution in [1.82, 2.24) is 14.8 Å². The monoisotopic (exact) mass is 404 g/mol. The van der Waals surface area contributed by atoms with Crippen LogP contribution < -0.4 is 5.32 Å². The van der Waals surface area contributed by atoms with E-state index in [1.165, 1.54) is 17.5 Å². The summed E-state index contributed by atoms with van der Waals surface area (Å²) in [5.74, 6) is -1.28. The number of ether oxygens (including phenoxy) is 1. The molecule has 0 aromatic carbocycles. The molecule has 4 rings (SSSR count). The molecule has 1 aliphatic rings. The van der Waals surface area contributed by atoms with E-state index in [9.17, 15) is 9.18 Å². The first kappa shape index (κ1) is 17.7. The predicted octanol–water partition coefficient (Wildman–Crippen LogP) is 4.56. The first-order chi connectivity index (χ1) is 13.0. The fraction of sp³-hybridized carbons (Fsp3) is 0.167. The Kier molecular flexibility index (Phi) is 4.67. The molecular weight excluding hydrogens is 391 g/mol. The quantitative estimate of drug-likeness (QED) is 0.691. The summed E-state index contributed by atoms with van der Waals surface area (Å²) in [5.41, 5.74) is 1.71. The van der Waals surface area contributed by atoms with Crippen molar-refractivity contribution >= 4 is 34.7 Å². The van der Waals surface area contributed by atoms with Gasteiger partial charge in [-0.2, -0.15) is 5.10 Å². The number of nitrogens with zero attached hydrogens (tertiary/aromatic N) is 3. The highest BCUT2D eigenvalue weighted by Gasteiger charge is 2.21. The molecule has 6 nitrogen and oxygen atoms in total. The minimum Gasteiger partial charge on any atom is -0.492 e. The van der Waals surface area contributed by atoms with Crippen LogP contribution in [0.5, 0.6) is 0 Å².